The van der Waals surface area contributed by atoms with Crippen LogP contribution >= 0.6 is 0 Å². The summed E-state index contributed by atoms with van der Waals surface area (Å²) < 4.78 is 0. The molecule has 0 atom stereocenters. The van der Waals surface area contributed by atoms with Crippen LogP contribution in [0, 0.1) is 36.5 Å². The quantitative estimate of drug-likeness (QED) is 0.786. The molecule has 0 bridgehead atoms. The van der Waals surface area contributed by atoms with Gasteiger partial charge in [0.2, 0.25) is 0 Å². The number of hydrogen-bond acceptors (Lipinski definition) is 4. The predicted molar refractivity (Wildman–Crippen MR) is 88.2 cm³/mol. The maximum atomic E-state index is 9.20. The molecular formula is C18H20N4. The second kappa shape index (κ2) is 6.37. The number of nitriles is 2. The first-order chi connectivity index (χ1) is 10.5. The molecule has 1 saturated heterocycles. The molecule has 1 heterocycles. The van der Waals surface area contributed by atoms with E-state index in [0.717, 1.165) is 16.8 Å². The van der Waals surface area contributed by atoms with Crippen molar-refractivity contribution in [2.24, 2.45) is 0 Å². The van der Waals surface area contributed by atoms with Gasteiger partial charge in [-0.25, -0.2) is 0 Å². The Labute approximate surface area is 132 Å². The Balaban J connectivity index is 2.49. The molecule has 1 fully saturated rings. The van der Waals surface area contributed by atoms with Crippen LogP contribution in [0.25, 0.3) is 0 Å². The van der Waals surface area contributed by atoms with Crippen LogP contribution < -0.4 is 4.90 Å². The van der Waals surface area contributed by atoms with E-state index < -0.39 is 0 Å². The molecule has 0 radical (unpaired) electrons. The summed E-state index contributed by atoms with van der Waals surface area (Å²) in [5.74, 6) is 0. The molecule has 2 rings (SSSR count). The van der Waals surface area contributed by atoms with Gasteiger partial charge in [0.25, 0.3) is 0 Å². The van der Waals surface area contributed by atoms with Crippen molar-refractivity contribution in [2.45, 2.75) is 13.8 Å². The zero-order valence-electron chi connectivity index (χ0n) is 13.5. The Morgan fingerprint density at radius 2 is 1.86 bits per heavy atom. The van der Waals surface area contributed by atoms with Gasteiger partial charge in [0, 0.05) is 44.6 Å². The fourth-order valence-electron chi connectivity index (χ4n) is 2.71. The van der Waals surface area contributed by atoms with Crippen LogP contribution in [0.1, 0.15) is 11.1 Å². The predicted octanol–water partition coefficient (Wildman–Crippen LogP) is 2.91. The van der Waals surface area contributed by atoms with Crippen molar-refractivity contribution in [3.8, 4) is 12.1 Å². The van der Waals surface area contributed by atoms with E-state index in [1.54, 1.807) is 0 Å². The average molecular weight is 292 g/mol. The minimum absolute atomic E-state index is 0.209. The standard InChI is InChI=1S/C18H20N4/c1-13-5-6-14(2)18(7-13)22-11-16(10-21(3)4)17(12-22)15(8-19)9-20/h5-7,10H,11-12H2,1-4H3/b16-10-. The van der Waals surface area contributed by atoms with Crippen molar-refractivity contribution in [3.05, 3.63) is 52.2 Å². The molecule has 1 aromatic rings. The van der Waals surface area contributed by atoms with E-state index in [1.807, 2.05) is 37.3 Å². The van der Waals surface area contributed by atoms with Gasteiger partial charge in [-0.2, -0.15) is 10.5 Å². The molecule has 0 aromatic heterocycles. The van der Waals surface area contributed by atoms with Gasteiger partial charge >= 0.3 is 0 Å². The lowest BCUT2D eigenvalue weighted by Gasteiger charge is -2.20. The molecule has 0 amide bonds. The van der Waals surface area contributed by atoms with Gasteiger partial charge in [-0.05, 0) is 36.6 Å². The Morgan fingerprint density at radius 1 is 1.18 bits per heavy atom. The van der Waals surface area contributed by atoms with Crippen LogP contribution in [0.3, 0.4) is 0 Å². The first kappa shape index (κ1) is 15.7. The highest BCUT2D eigenvalue weighted by Crippen LogP contribution is 2.31. The van der Waals surface area contributed by atoms with Gasteiger partial charge in [0.05, 0.1) is 0 Å². The number of aryl methyl sites for hydroxylation is 2. The van der Waals surface area contributed by atoms with Crippen molar-refractivity contribution in [3.63, 3.8) is 0 Å². The third-order valence-corrected chi connectivity index (χ3v) is 3.74. The van der Waals surface area contributed by atoms with Gasteiger partial charge in [-0.1, -0.05) is 12.1 Å². The number of allylic oxidation sites excluding steroid dienone is 1. The minimum atomic E-state index is 0.209. The van der Waals surface area contributed by atoms with Crippen LogP contribution in [0.4, 0.5) is 5.69 Å². The Hall–Kier alpha value is -2.72. The summed E-state index contributed by atoms with van der Waals surface area (Å²) in [7, 11) is 3.90. The van der Waals surface area contributed by atoms with Crippen LogP contribution in [0.15, 0.2) is 41.1 Å². The average Bonchev–Trinajstić information content (AvgIpc) is 2.86. The number of nitrogens with zero attached hydrogens (tertiary/aromatic N) is 4. The van der Waals surface area contributed by atoms with Gasteiger partial charge < -0.3 is 9.80 Å². The van der Waals surface area contributed by atoms with Crippen LogP contribution in [0.5, 0.6) is 0 Å². The molecule has 4 heteroatoms. The molecule has 0 spiro atoms. The lowest BCUT2D eigenvalue weighted by Crippen LogP contribution is -2.19. The highest BCUT2D eigenvalue weighted by Gasteiger charge is 2.26. The van der Waals surface area contributed by atoms with E-state index in [2.05, 4.69) is 36.9 Å². The van der Waals surface area contributed by atoms with Gasteiger partial charge in [0.1, 0.15) is 17.7 Å². The van der Waals surface area contributed by atoms with Crippen LogP contribution in [-0.4, -0.2) is 32.1 Å². The number of hydrogen-bond donors (Lipinski definition) is 0. The summed E-state index contributed by atoms with van der Waals surface area (Å²) in [6.07, 6.45) is 2.00. The molecule has 0 saturated carbocycles. The first-order valence-electron chi connectivity index (χ1n) is 7.19. The molecule has 0 N–H and O–H groups in total. The molecular weight excluding hydrogens is 272 g/mol. The van der Waals surface area contributed by atoms with Crippen molar-refractivity contribution >= 4 is 5.69 Å². The van der Waals surface area contributed by atoms with E-state index in [9.17, 15) is 10.5 Å². The summed E-state index contributed by atoms with van der Waals surface area (Å²) in [6.45, 7) is 5.47. The summed E-state index contributed by atoms with van der Waals surface area (Å²) in [4.78, 5) is 4.18. The maximum absolute atomic E-state index is 9.20. The Morgan fingerprint density at radius 3 is 2.45 bits per heavy atom. The molecule has 22 heavy (non-hydrogen) atoms. The zero-order valence-corrected chi connectivity index (χ0v) is 13.5. The molecule has 112 valence electrons. The summed E-state index contributed by atoms with van der Waals surface area (Å²) >= 11 is 0. The molecule has 1 aromatic carbocycles. The zero-order chi connectivity index (χ0) is 16.3. The fourth-order valence-corrected chi connectivity index (χ4v) is 2.71. The Kier molecular flexibility index (Phi) is 4.53. The number of benzene rings is 1. The molecule has 4 nitrogen and oxygen atoms in total. The van der Waals surface area contributed by atoms with E-state index in [0.29, 0.717) is 13.1 Å². The highest BCUT2D eigenvalue weighted by molar-refractivity contribution is 5.64. The third kappa shape index (κ3) is 3.13. The van der Waals surface area contributed by atoms with Crippen LogP contribution in [-0.2, 0) is 0 Å². The highest BCUT2D eigenvalue weighted by atomic mass is 15.2. The normalized spacial score (nSPS) is 15.6. The van der Waals surface area contributed by atoms with Gasteiger partial charge in [-0.3, -0.25) is 0 Å². The van der Waals surface area contributed by atoms with Crippen molar-refractivity contribution < 1.29 is 0 Å². The second-order valence-corrected chi connectivity index (χ2v) is 5.84. The lowest BCUT2D eigenvalue weighted by atomic mass is 10.1. The third-order valence-electron chi connectivity index (χ3n) is 3.74. The van der Waals surface area contributed by atoms with E-state index in [4.69, 9.17) is 0 Å². The van der Waals surface area contributed by atoms with Crippen LogP contribution in [0.2, 0.25) is 0 Å². The smallest absolute Gasteiger partial charge is 0.135 e. The molecule has 1 aliphatic heterocycles. The fraction of sp³-hybridized carbons (Fsp3) is 0.333. The van der Waals surface area contributed by atoms with E-state index in [-0.39, 0.29) is 5.57 Å². The van der Waals surface area contributed by atoms with Crippen molar-refractivity contribution in [1.82, 2.24) is 4.90 Å². The summed E-state index contributed by atoms with van der Waals surface area (Å²) in [5.41, 5.74) is 5.64. The first-order valence-corrected chi connectivity index (χ1v) is 7.19. The number of anilines is 1. The monoisotopic (exact) mass is 292 g/mol. The SMILES string of the molecule is Cc1ccc(C)c(N2CC(=C(C#N)C#N)/C(=C\N(C)C)C2)c1. The van der Waals surface area contributed by atoms with Crippen molar-refractivity contribution in [1.29, 1.82) is 10.5 Å². The lowest BCUT2D eigenvalue weighted by molar-refractivity contribution is 0.559. The Bertz CT molecular complexity index is 710. The van der Waals surface area contributed by atoms with Gasteiger partial charge in [-0.15, -0.1) is 0 Å². The molecule has 0 aliphatic carbocycles. The summed E-state index contributed by atoms with van der Waals surface area (Å²) in [5, 5.41) is 18.4. The number of rotatable bonds is 2. The molecule has 0 unspecified atom stereocenters. The molecule has 1 aliphatic rings. The maximum Gasteiger partial charge on any atom is 0.135 e. The van der Waals surface area contributed by atoms with E-state index in [1.165, 1.54) is 11.1 Å². The van der Waals surface area contributed by atoms with Crippen molar-refractivity contribution in [2.75, 3.05) is 32.1 Å². The topological polar surface area (TPSA) is 54.1 Å². The van der Waals surface area contributed by atoms with E-state index >= 15 is 0 Å². The van der Waals surface area contributed by atoms with Gasteiger partial charge in [0.15, 0.2) is 0 Å². The minimum Gasteiger partial charge on any atom is -0.383 e. The summed E-state index contributed by atoms with van der Waals surface area (Å²) in [6, 6.07) is 10.4. The second-order valence-electron chi connectivity index (χ2n) is 5.84. The largest absolute Gasteiger partial charge is 0.383 e.